The summed E-state index contributed by atoms with van der Waals surface area (Å²) in [6.07, 6.45) is 2.76. The lowest BCUT2D eigenvalue weighted by Crippen LogP contribution is -2.83. The Morgan fingerprint density at radius 2 is 1.75 bits per heavy atom. The Morgan fingerprint density at radius 1 is 1.00 bits per heavy atom. The second kappa shape index (κ2) is 8.18. The molecule has 0 atom stereocenters. The van der Waals surface area contributed by atoms with E-state index in [0.29, 0.717) is 0 Å². The number of hydrogen-bond donors (Lipinski definition) is 1. The maximum atomic E-state index is 5.85. The van der Waals surface area contributed by atoms with Crippen molar-refractivity contribution in [2.75, 3.05) is 13.2 Å². The Balaban J connectivity index is 1.72. The van der Waals surface area contributed by atoms with E-state index in [0.717, 1.165) is 31.9 Å². The van der Waals surface area contributed by atoms with Gasteiger partial charge in [0, 0.05) is 5.56 Å². The van der Waals surface area contributed by atoms with Gasteiger partial charge in [-0.25, -0.2) is 0 Å². The van der Waals surface area contributed by atoms with Gasteiger partial charge in [0.15, 0.2) is 0 Å². The molecule has 2 aromatic rings. The van der Waals surface area contributed by atoms with Crippen molar-refractivity contribution in [3.8, 4) is 5.75 Å². The Hall–Kier alpha value is -2.06. The van der Waals surface area contributed by atoms with Crippen LogP contribution in [-0.4, -0.2) is 13.2 Å². The van der Waals surface area contributed by atoms with Gasteiger partial charge in [-0.15, -0.1) is 6.58 Å². The summed E-state index contributed by atoms with van der Waals surface area (Å²) < 4.78 is 5.85. The molecule has 0 radical (unpaired) electrons. The summed E-state index contributed by atoms with van der Waals surface area (Å²) in [5, 5.41) is 2.27. The molecule has 0 spiro atoms. The highest BCUT2D eigenvalue weighted by atomic mass is 16.5. The number of para-hydroxylation sites is 1. The molecule has 0 heterocycles. The van der Waals surface area contributed by atoms with Gasteiger partial charge in [0.1, 0.15) is 25.4 Å². The first-order chi connectivity index (χ1) is 9.90. The van der Waals surface area contributed by atoms with Crippen molar-refractivity contribution in [1.29, 1.82) is 0 Å². The third kappa shape index (κ3) is 4.56. The molecule has 20 heavy (non-hydrogen) atoms. The van der Waals surface area contributed by atoms with Gasteiger partial charge in [0.25, 0.3) is 0 Å². The molecule has 2 rings (SSSR count). The van der Waals surface area contributed by atoms with E-state index in [1.165, 1.54) is 11.1 Å². The Bertz CT molecular complexity index is 522. The highest BCUT2D eigenvalue weighted by Crippen LogP contribution is 2.18. The molecule has 0 bridgehead atoms. The van der Waals surface area contributed by atoms with Gasteiger partial charge in [-0.2, -0.15) is 0 Å². The zero-order valence-corrected chi connectivity index (χ0v) is 11.8. The largest absolute Gasteiger partial charge is 0.487 e. The lowest BCUT2D eigenvalue weighted by molar-refractivity contribution is -0.671. The van der Waals surface area contributed by atoms with Crippen molar-refractivity contribution in [1.82, 2.24) is 0 Å². The number of ether oxygens (including phenoxy) is 1. The van der Waals surface area contributed by atoms with Crippen molar-refractivity contribution >= 4 is 0 Å². The molecule has 2 nitrogen and oxygen atoms in total. The Labute approximate surface area is 121 Å². The molecule has 2 N–H and O–H groups in total. The van der Waals surface area contributed by atoms with Crippen LogP contribution in [0.25, 0.3) is 0 Å². The van der Waals surface area contributed by atoms with Crippen molar-refractivity contribution < 1.29 is 10.1 Å². The maximum absolute atomic E-state index is 5.85. The molecule has 0 unspecified atom stereocenters. The van der Waals surface area contributed by atoms with Crippen LogP contribution in [0.15, 0.2) is 67.3 Å². The number of quaternary nitrogens is 1. The maximum Gasteiger partial charge on any atom is 0.137 e. The number of rotatable bonds is 8. The molecule has 2 heteroatoms. The van der Waals surface area contributed by atoms with Gasteiger partial charge in [-0.1, -0.05) is 54.6 Å². The molecule has 0 fully saturated rings. The van der Waals surface area contributed by atoms with Gasteiger partial charge >= 0.3 is 0 Å². The minimum Gasteiger partial charge on any atom is -0.487 e. The predicted molar refractivity (Wildman–Crippen MR) is 82.8 cm³/mol. The molecular formula is C18H22NO+. The van der Waals surface area contributed by atoms with Crippen LogP contribution < -0.4 is 10.1 Å². The SMILES string of the molecule is C=CCc1ccccc1OCC[NH2+]Cc1ccccc1. The summed E-state index contributed by atoms with van der Waals surface area (Å²) in [6.45, 7) is 6.46. The quantitative estimate of drug-likeness (QED) is 0.578. The van der Waals surface area contributed by atoms with Crippen molar-refractivity contribution in [2.24, 2.45) is 0 Å². The molecule has 0 aliphatic heterocycles. The fourth-order valence-corrected chi connectivity index (χ4v) is 2.10. The fraction of sp³-hybridized carbons (Fsp3) is 0.222. The van der Waals surface area contributed by atoms with Crippen LogP contribution in [-0.2, 0) is 13.0 Å². The van der Waals surface area contributed by atoms with Gasteiger partial charge in [0.05, 0.1) is 0 Å². The summed E-state index contributed by atoms with van der Waals surface area (Å²) in [4.78, 5) is 0. The summed E-state index contributed by atoms with van der Waals surface area (Å²) >= 11 is 0. The average molecular weight is 268 g/mol. The van der Waals surface area contributed by atoms with Crippen LogP contribution in [0, 0.1) is 0 Å². The third-order valence-electron chi connectivity index (χ3n) is 3.14. The number of allylic oxidation sites excluding steroid dienone is 1. The molecule has 0 saturated heterocycles. The van der Waals surface area contributed by atoms with E-state index in [-0.39, 0.29) is 0 Å². The number of hydrogen-bond acceptors (Lipinski definition) is 1. The predicted octanol–water partition coefficient (Wildman–Crippen LogP) is 2.56. The standard InChI is InChI=1S/C18H21NO/c1-2-8-17-11-6-7-12-18(17)20-14-13-19-15-16-9-4-3-5-10-16/h2-7,9-12,19H,1,8,13-15H2/p+1. The van der Waals surface area contributed by atoms with E-state index in [1.54, 1.807) is 0 Å². The molecule has 2 aromatic carbocycles. The van der Waals surface area contributed by atoms with E-state index < -0.39 is 0 Å². The summed E-state index contributed by atoms with van der Waals surface area (Å²) in [5.41, 5.74) is 2.55. The smallest absolute Gasteiger partial charge is 0.137 e. The van der Waals surface area contributed by atoms with Crippen LogP contribution in [0.2, 0.25) is 0 Å². The van der Waals surface area contributed by atoms with E-state index in [9.17, 15) is 0 Å². The van der Waals surface area contributed by atoms with Crippen molar-refractivity contribution in [2.45, 2.75) is 13.0 Å². The first-order valence-electron chi connectivity index (χ1n) is 7.07. The molecule has 0 aliphatic carbocycles. The van der Waals surface area contributed by atoms with Crippen molar-refractivity contribution in [3.05, 3.63) is 78.4 Å². The second-order valence-electron chi connectivity index (χ2n) is 4.72. The van der Waals surface area contributed by atoms with E-state index in [1.807, 2.05) is 30.3 Å². The highest BCUT2D eigenvalue weighted by molar-refractivity contribution is 5.34. The molecular weight excluding hydrogens is 246 g/mol. The van der Waals surface area contributed by atoms with Gasteiger partial charge < -0.3 is 10.1 Å². The van der Waals surface area contributed by atoms with E-state index in [4.69, 9.17) is 4.74 Å². The van der Waals surface area contributed by atoms with E-state index >= 15 is 0 Å². The van der Waals surface area contributed by atoms with Gasteiger partial charge in [-0.3, -0.25) is 0 Å². The fourth-order valence-electron chi connectivity index (χ4n) is 2.10. The minimum atomic E-state index is 0.723. The molecule has 0 amide bonds. The Kier molecular flexibility index (Phi) is 5.87. The summed E-state index contributed by atoms with van der Waals surface area (Å²) in [6, 6.07) is 18.6. The van der Waals surface area contributed by atoms with Gasteiger partial charge in [0.2, 0.25) is 0 Å². The monoisotopic (exact) mass is 268 g/mol. The normalized spacial score (nSPS) is 10.2. The minimum absolute atomic E-state index is 0.723. The zero-order chi connectivity index (χ0) is 14.0. The van der Waals surface area contributed by atoms with Crippen molar-refractivity contribution in [3.63, 3.8) is 0 Å². The van der Waals surface area contributed by atoms with E-state index in [2.05, 4.69) is 42.2 Å². The van der Waals surface area contributed by atoms with Gasteiger partial charge in [-0.05, 0) is 18.1 Å². The van der Waals surface area contributed by atoms with Crippen LogP contribution in [0.3, 0.4) is 0 Å². The Morgan fingerprint density at radius 3 is 2.55 bits per heavy atom. The number of benzene rings is 2. The molecule has 0 aromatic heterocycles. The molecule has 104 valence electrons. The summed E-state index contributed by atoms with van der Waals surface area (Å²) in [5.74, 6) is 0.973. The third-order valence-corrected chi connectivity index (χ3v) is 3.14. The lowest BCUT2D eigenvalue weighted by atomic mass is 10.1. The molecule has 0 saturated carbocycles. The second-order valence-corrected chi connectivity index (χ2v) is 4.72. The lowest BCUT2D eigenvalue weighted by Gasteiger charge is -2.09. The van der Waals surface area contributed by atoms with Crippen LogP contribution >= 0.6 is 0 Å². The zero-order valence-electron chi connectivity index (χ0n) is 11.8. The molecule has 0 aliphatic rings. The van der Waals surface area contributed by atoms with Crippen LogP contribution in [0.5, 0.6) is 5.75 Å². The first-order valence-corrected chi connectivity index (χ1v) is 7.07. The highest BCUT2D eigenvalue weighted by Gasteiger charge is 2.01. The topological polar surface area (TPSA) is 25.8 Å². The van der Waals surface area contributed by atoms with Crippen LogP contribution in [0.4, 0.5) is 0 Å². The first kappa shape index (κ1) is 14.4. The number of nitrogens with two attached hydrogens (primary N) is 1. The summed E-state index contributed by atoms with van der Waals surface area (Å²) in [7, 11) is 0. The average Bonchev–Trinajstić information content (AvgIpc) is 2.50. The van der Waals surface area contributed by atoms with Crippen LogP contribution in [0.1, 0.15) is 11.1 Å².